The van der Waals surface area contributed by atoms with Gasteiger partial charge in [0.05, 0.1) is 43.1 Å². The molecule has 10 heteroatoms. The summed E-state index contributed by atoms with van der Waals surface area (Å²) in [7, 11) is 0. The summed E-state index contributed by atoms with van der Waals surface area (Å²) in [5.74, 6) is -0.319. The fourth-order valence-corrected chi connectivity index (χ4v) is 4.83. The van der Waals surface area contributed by atoms with Gasteiger partial charge in [0.15, 0.2) is 5.13 Å². The van der Waals surface area contributed by atoms with Crippen LogP contribution in [0.5, 0.6) is 0 Å². The summed E-state index contributed by atoms with van der Waals surface area (Å²) >= 11 is 9.00. The van der Waals surface area contributed by atoms with E-state index in [1.807, 2.05) is 29.6 Å². The van der Waals surface area contributed by atoms with Gasteiger partial charge in [0.1, 0.15) is 0 Å². The lowest BCUT2D eigenvalue weighted by Gasteiger charge is -2.30. The van der Waals surface area contributed by atoms with E-state index < -0.39 is 0 Å². The van der Waals surface area contributed by atoms with Crippen LogP contribution < -0.4 is 15.5 Å². The van der Waals surface area contributed by atoms with E-state index in [0.29, 0.717) is 41.2 Å². The molecule has 1 aromatic carbocycles. The molecule has 4 rings (SSSR count). The smallest absolute Gasteiger partial charge is 0.231 e. The van der Waals surface area contributed by atoms with Crippen molar-refractivity contribution < 1.29 is 14.3 Å². The summed E-state index contributed by atoms with van der Waals surface area (Å²) in [6, 6.07) is 9.31. The van der Waals surface area contributed by atoms with E-state index in [9.17, 15) is 9.59 Å². The van der Waals surface area contributed by atoms with Gasteiger partial charge in [-0.3, -0.25) is 9.59 Å². The summed E-state index contributed by atoms with van der Waals surface area (Å²) in [5, 5.41) is 10.5. The average molecular weight is 477 g/mol. The van der Waals surface area contributed by atoms with Crippen LogP contribution in [-0.2, 0) is 27.2 Å². The third kappa shape index (κ3) is 6.04. The summed E-state index contributed by atoms with van der Waals surface area (Å²) in [6.07, 6.45) is 0.415. The minimum atomic E-state index is -0.196. The Morgan fingerprint density at radius 3 is 2.68 bits per heavy atom. The third-order valence-corrected chi connectivity index (χ3v) is 6.56. The zero-order chi connectivity index (χ0) is 21.6. The summed E-state index contributed by atoms with van der Waals surface area (Å²) in [4.78, 5) is 32.3. The predicted molar refractivity (Wildman–Crippen MR) is 126 cm³/mol. The van der Waals surface area contributed by atoms with Crippen molar-refractivity contribution in [3.05, 3.63) is 56.7 Å². The number of rotatable bonds is 7. The van der Waals surface area contributed by atoms with Crippen LogP contribution in [-0.4, -0.2) is 43.1 Å². The first-order valence-corrected chi connectivity index (χ1v) is 11.9. The Morgan fingerprint density at radius 2 is 1.90 bits per heavy atom. The molecule has 3 heterocycles. The van der Waals surface area contributed by atoms with Crippen LogP contribution in [0, 0.1) is 0 Å². The van der Waals surface area contributed by atoms with E-state index in [-0.39, 0.29) is 18.2 Å². The number of carbonyl (C=O) groups is 2. The number of thiazole rings is 1. The minimum absolute atomic E-state index is 0.104. The number of anilines is 3. The second-order valence-electron chi connectivity index (χ2n) is 6.93. The first-order valence-electron chi connectivity index (χ1n) is 9.75. The number of hydrogen-bond donors (Lipinski definition) is 2. The maximum absolute atomic E-state index is 12.7. The van der Waals surface area contributed by atoms with Crippen molar-refractivity contribution in [1.82, 2.24) is 4.98 Å². The predicted octanol–water partition coefficient (Wildman–Crippen LogP) is 4.06. The second kappa shape index (κ2) is 10.2. The van der Waals surface area contributed by atoms with Crippen LogP contribution in [0.15, 0.2) is 41.1 Å². The Kier molecular flexibility index (Phi) is 7.18. The lowest BCUT2D eigenvalue weighted by atomic mass is 10.2. The maximum Gasteiger partial charge on any atom is 0.231 e. The van der Waals surface area contributed by atoms with Gasteiger partial charge in [-0.2, -0.15) is 0 Å². The van der Waals surface area contributed by atoms with E-state index >= 15 is 0 Å². The quantitative estimate of drug-likeness (QED) is 0.537. The number of thiophene rings is 1. The number of aromatic nitrogens is 1. The number of hydrogen-bond acceptors (Lipinski definition) is 7. The fraction of sp³-hybridized carbons (Fsp3) is 0.286. The number of ether oxygens (including phenoxy) is 1. The van der Waals surface area contributed by atoms with Gasteiger partial charge in [0.25, 0.3) is 0 Å². The first-order chi connectivity index (χ1) is 15.1. The van der Waals surface area contributed by atoms with E-state index in [1.54, 1.807) is 11.4 Å². The van der Waals surface area contributed by atoms with Gasteiger partial charge < -0.3 is 20.3 Å². The highest BCUT2D eigenvalue weighted by molar-refractivity contribution is 7.14. The van der Waals surface area contributed by atoms with Crippen molar-refractivity contribution in [3.8, 4) is 0 Å². The van der Waals surface area contributed by atoms with Crippen molar-refractivity contribution in [2.24, 2.45) is 0 Å². The summed E-state index contributed by atoms with van der Waals surface area (Å²) < 4.78 is 5.41. The molecule has 1 aliphatic rings. The zero-order valence-corrected chi connectivity index (χ0v) is 19.0. The van der Waals surface area contributed by atoms with Gasteiger partial charge >= 0.3 is 0 Å². The Morgan fingerprint density at radius 1 is 1.10 bits per heavy atom. The first kappa shape index (κ1) is 21.8. The number of amides is 2. The number of nitrogens with one attached hydrogen (secondary N) is 2. The molecule has 2 amide bonds. The molecule has 3 aromatic rings. The Balaban J connectivity index is 1.36. The number of nitrogens with zero attached hydrogens (tertiary/aromatic N) is 2. The molecular weight excluding hydrogens is 456 g/mol. The van der Waals surface area contributed by atoms with Crippen molar-refractivity contribution in [1.29, 1.82) is 0 Å². The zero-order valence-electron chi connectivity index (χ0n) is 16.6. The number of morpholine rings is 1. The van der Waals surface area contributed by atoms with Crippen molar-refractivity contribution in [2.45, 2.75) is 12.8 Å². The van der Waals surface area contributed by atoms with Gasteiger partial charge in [-0.1, -0.05) is 17.7 Å². The molecule has 0 unspecified atom stereocenters. The van der Waals surface area contributed by atoms with Crippen LogP contribution in [0.3, 0.4) is 0 Å². The van der Waals surface area contributed by atoms with Gasteiger partial charge in [-0.15, -0.1) is 22.7 Å². The summed E-state index contributed by atoms with van der Waals surface area (Å²) in [6.45, 7) is 2.81. The Hall–Kier alpha value is -2.46. The van der Waals surface area contributed by atoms with Crippen molar-refractivity contribution in [2.75, 3.05) is 41.8 Å². The lowest BCUT2D eigenvalue weighted by molar-refractivity contribution is -0.116. The highest BCUT2D eigenvalue weighted by Crippen LogP contribution is 2.30. The molecular formula is C21H21ClN4O3S2. The lowest BCUT2D eigenvalue weighted by Crippen LogP contribution is -2.36. The Bertz CT molecular complexity index is 1050. The standard InChI is InChI=1S/C21H21ClN4O3S2/c22-14-3-4-18(26-5-7-29-8-6-26)17(10-14)24-19(27)11-15-13-31-21(23-15)25-20(28)12-16-2-1-9-30-16/h1-4,9-10,13H,5-8,11-12H2,(H,24,27)(H,23,25,28). The normalized spacial score (nSPS) is 13.8. The highest BCUT2D eigenvalue weighted by atomic mass is 35.5. The van der Waals surface area contributed by atoms with E-state index in [0.717, 1.165) is 23.7 Å². The van der Waals surface area contributed by atoms with Crippen LogP contribution in [0.2, 0.25) is 5.02 Å². The van der Waals surface area contributed by atoms with Crippen molar-refractivity contribution >= 4 is 62.6 Å². The van der Waals surface area contributed by atoms with E-state index in [4.69, 9.17) is 16.3 Å². The SMILES string of the molecule is O=C(Cc1cccs1)Nc1nc(CC(=O)Nc2cc(Cl)ccc2N2CCOCC2)cs1. The minimum Gasteiger partial charge on any atom is -0.378 e. The molecule has 0 bridgehead atoms. The summed E-state index contributed by atoms with van der Waals surface area (Å²) in [5.41, 5.74) is 2.18. The van der Waals surface area contributed by atoms with Gasteiger partial charge in [0.2, 0.25) is 11.8 Å². The van der Waals surface area contributed by atoms with Crippen LogP contribution >= 0.6 is 34.3 Å². The number of carbonyl (C=O) groups excluding carboxylic acids is 2. The van der Waals surface area contributed by atoms with Crippen LogP contribution in [0.1, 0.15) is 10.6 Å². The number of halogens is 1. The number of benzene rings is 1. The molecule has 2 N–H and O–H groups in total. The molecule has 0 saturated carbocycles. The average Bonchev–Trinajstić information content (AvgIpc) is 3.41. The molecule has 0 radical (unpaired) electrons. The second-order valence-corrected chi connectivity index (χ2v) is 9.26. The molecule has 2 aromatic heterocycles. The van der Waals surface area contributed by atoms with Gasteiger partial charge in [-0.25, -0.2) is 4.98 Å². The largest absolute Gasteiger partial charge is 0.378 e. The molecule has 1 saturated heterocycles. The molecule has 7 nitrogen and oxygen atoms in total. The molecule has 1 aliphatic heterocycles. The van der Waals surface area contributed by atoms with Gasteiger partial charge in [-0.05, 0) is 29.6 Å². The van der Waals surface area contributed by atoms with E-state index in [2.05, 4.69) is 20.5 Å². The van der Waals surface area contributed by atoms with Crippen LogP contribution in [0.25, 0.3) is 0 Å². The molecule has 0 spiro atoms. The molecule has 0 atom stereocenters. The molecule has 1 fully saturated rings. The topological polar surface area (TPSA) is 83.6 Å². The monoisotopic (exact) mass is 476 g/mol. The molecule has 0 aliphatic carbocycles. The van der Waals surface area contributed by atoms with E-state index in [1.165, 1.54) is 22.7 Å². The fourth-order valence-electron chi connectivity index (χ4n) is 3.23. The van der Waals surface area contributed by atoms with Crippen LogP contribution in [0.4, 0.5) is 16.5 Å². The van der Waals surface area contributed by atoms with Gasteiger partial charge in [0, 0.05) is 28.4 Å². The third-order valence-electron chi connectivity index (χ3n) is 4.64. The molecule has 162 valence electrons. The highest BCUT2D eigenvalue weighted by Gasteiger charge is 2.17. The van der Waals surface area contributed by atoms with Crippen molar-refractivity contribution in [3.63, 3.8) is 0 Å². The maximum atomic E-state index is 12.7. The Labute approximate surface area is 193 Å². The molecule has 31 heavy (non-hydrogen) atoms.